The highest BCUT2D eigenvalue weighted by molar-refractivity contribution is 14.1. The lowest BCUT2D eigenvalue weighted by Crippen LogP contribution is -2.27. The summed E-state index contributed by atoms with van der Waals surface area (Å²) in [5, 5.41) is 3.41. The molecule has 1 aromatic carbocycles. The van der Waals surface area contributed by atoms with Crippen molar-refractivity contribution in [1.29, 1.82) is 0 Å². The van der Waals surface area contributed by atoms with E-state index in [1.807, 2.05) is 12.5 Å². The first kappa shape index (κ1) is 12.2. The van der Waals surface area contributed by atoms with E-state index in [1.165, 1.54) is 27.8 Å². The van der Waals surface area contributed by atoms with Gasteiger partial charge in [0.15, 0.2) is 0 Å². The fourth-order valence-electron chi connectivity index (χ4n) is 2.57. The summed E-state index contributed by atoms with van der Waals surface area (Å²) >= 11 is 2.35. The van der Waals surface area contributed by atoms with Crippen molar-refractivity contribution in [2.45, 2.75) is 18.8 Å². The highest BCUT2D eigenvalue weighted by atomic mass is 127. The van der Waals surface area contributed by atoms with Crippen LogP contribution >= 0.6 is 22.6 Å². The van der Waals surface area contributed by atoms with Crippen LogP contribution in [0.1, 0.15) is 24.5 Å². The van der Waals surface area contributed by atoms with Crippen LogP contribution in [-0.4, -0.2) is 22.6 Å². The lowest BCUT2D eigenvalue weighted by atomic mass is 9.95. The summed E-state index contributed by atoms with van der Waals surface area (Å²) in [6, 6.07) is 8.57. The molecule has 4 heteroatoms. The number of halogens is 1. The Labute approximate surface area is 121 Å². The van der Waals surface area contributed by atoms with Crippen LogP contribution in [-0.2, 0) is 0 Å². The topological polar surface area (TPSA) is 29.9 Å². The average Bonchev–Trinajstić information content (AvgIpc) is 2.89. The quantitative estimate of drug-likeness (QED) is 0.842. The molecule has 3 nitrogen and oxygen atoms in total. The predicted octanol–water partition coefficient (Wildman–Crippen LogP) is 2.94. The monoisotopic (exact) mass is 353 g/mol. The fraction of sp³-hybridized carbons (Fsp3) is 0.357. The number of rotatable bonds is 2. The number of piperidine rings is 1. The average molecular weight is 353 g/mol. The number of aromatic nitrogens is 2. The Morgan fingerprint density at radius 2 is 2.11 bits per heavy atom. The van der Waals surface area contributed by atoms with Crippen molar-refractivity contribution < 1.29 is 0 Å². The molecule has 0 unspecified atom stereocenters. The minimum absolute atomic E-state index is 0.631. The fourth-order valence-corrected chi connectivity index (χ4v) is 3.09. The first-order valence-electron chi connectivity index (χ1n) is 6.33. The van der Waals surface area contributed by atoms with Gasteiger partial charge in [-0.2, -0.15) is 0 Å². The summed E-state index contributed by atoms with van der Waals surface area (Å²) in [6.45, 7) is 2.23. The van der Waals surface area contributed by atoms with Crippen molar-refractivity contribution in [3.8, 4) is 5.69 Å². The molecule has 2 heterocycles. The number of hydrogen-bond donors (Lipinski definition) is 1. The highest BCUT2D eigenvalue weighted by Gasteiger charge is 2.19. The SMILES string of the molecule is Ic1cccc(-n2cncc2C2CCNCC2)c1. The summed E-state index contributed by atoms with van der Waals surface area (Å²) < 4.78 is 3.49. The molecule has 1 aliphatic rings. The van der Waals surface area contributed by atoms with Crippen molar-refractivity contribution in [2.75, 3.05) is 13.1 Å². The van der Waals surface area contributed by atoms with Gasteiger partial charge in [0.05, 0.1) is 6.33 Å². The van der Waals surface area contributed by atoms with Crippen molar-refractivity contribution >= 4 is 22.6 Å². The molecule has 1 fully saturated rings. The molecule has 94 valence electrons. The van der Waals surface area contributed by atoms with E-state index in [4.69, 9.17) is 0 Å². The summed E-state index contributed by atoms with van der Waals surface area (Å²) in [7, 11) is 0. The van der Waals surface area contributed by atoms with Gasteiger partial charge in [-0.15, -0.1) is 0 Å². The van der Waals surface area contributed by atoms with Gasteiger partial charge < -0.3 is 9.88 Å². The van der Waals surface area contributed by atoms with Crippen LogP contribution < -0.4 is 5.32 Å². The number of nitrogens with one attached hydrogen (secondary N) is 1. The molecule has 18 heavy (non-hydrogen) atoms. The Morgan fingerprint density at radius 3 is 2.89 bits per heavy atom. The van der Waals surface area contributed by atoms with Gasteiger partial charge in [0.2, 0.25) is 0 Å². The molecule has 1 N–H and O–H groups in total. The molecule has 0 bridgehead atoms. The van der Waals surface area contributed by atoms with Gasteiger partial charge in [-0.25, -0.2) is 4.98 Å². The van der Waals surface area contributed by atoms with E-state index in [0.29, 0.717) is 5.92 Å². The Bertz CT molecular complexity index is 529. The summed E-state index contributed by atoms with van der Waals surface area (Å²) in [4.78, 5) is 4.34. The van der Waals surface area contributed by atoms with Crippen LogP contribution in [0.5, 0.6) is 0 Å². The van der Waals surface area contributed by atoms with Crippen molar-refractivity contribution in [1.82, 2.24) is 14.9 Å². The second-order valence-electron chi connectivity index (χ2n) is 4.69. The van der Waals surface area contributed by atoms with Crippen molar-refractivity contribution in [3.63, 3.8) is 0 Å². The Morgan fingerprint density at radius 1 is 1.28 bits per heavy atom. The van der Waals surface area contributed by atoms with Gasteiger partial charge in [0, 0.05) is 27.1 Å². The third-order valence-corrected chi connectivity index (χ3v) is 4.18. The Kier molecular flexibility index (Phi) is 3.65. The van der Waals surface area contributed by atoms with Crippen LogP contribution in [0.4, 0.5) is 0 Å². The third kappa shape index (κ3) is 2.44. The molecule has 0 spiro atoms. The zero-order valence-corrected chi connectivity index (χ0v) is 12.3. The van der Waals surface area contributed by atoms with Crippen LogP contribution in [0, 0.1) is 3.57 Å². The van der Waals surface area contributed by atoms with E-state index in [9.17, 15) is 0 Å². The predicted molar refractivity (Wildman–Crippen MR) is 81.1 cm³/mol. The molecule has 0 atom stereocenters. The minimum Gasteiger partial charge on any atom is -0.317 e. The smallest absolute Gasteiger partial charge is 0.0994 e. The normalized spacial score (nSPS) is 16.9. The number of nitrogens with zero attached hydrogens (tertiary/aromatic N) is 2. The van der Waals surface area contributed by atoms with E-state index in [1.54, 1.807) is 0 Å². The van der Waals surface area contributed by atoms with E-state index in [2.05, 4.69) is 61.7 Å². The number of benzene rings is 1. The zero-order valence-electron chi connectivity index (χ0n) is 10.1. The van der Waals surface area contributed by atoms with Crippen molar-refractivity contribution in [2.24, 2.45) is 0 Å². The summed E-state index contributed by atoms with van der Waals surface area (Å²) in [5.41, 5.74) is 2.56. The zero-order chi connectivity index (χ0) is 12.4. The molecular weight excluding hydrogens is 337 g/mol. The maximum atomic E-state index is 4.34. The molecule has 1 aliphatic heterocycles. The Balaban J connectivity index is 1.95. The lowest BCUT2D eigenvalue weighted by molar-refractivity contribution is 0.449. The minimum atomic E-state index is 0.631. The molecule has 3 rings (SSSR count). The van der Waals surface area contributed by atoms with Gasteiger partial charge in [-0.3, -0.25) is 0 Å². The van der Waals surface area contributed by atoms with Gasteiger partial charge in [0.1, 0.15) is 0 Å². The second kappa shape index (κ2) is 5.40. The maximum absolute atomic E-state index is 4.34. The largest absolute Gasteiger partial charge is 0.317 e. The van der Waals surface area contributed by atoms with Crippen LogP contribution in [0.15, 0.2) is 36.8 Å². The van der Waals surface area contributed by atoms with E-state index < -0.39 is 0 Å². The first-order chi connectivity index (χ1) is 8.84. The second-order valence-corrected chi connectivity index (χ2v) is 5.94. The lowest BCUT2D eigenvalue weighted by Gasteiger charge is -2.23. The van der Waals surface area contributed by atoms with Crippen LogP contribution in [0.2, 0.25) is 0 Å². The molecule has 0 amide bonds. The molecule has 1 saturated heterocycles. The summed E-state index contributed by atoms with van der Waals surface area (Å²) in [6.07, 6.45) is 6.36. The van der Waals surface area contributed by atoms with E-state index >= 15 is 0 Å². The van der Waals surface area contributed by atoms with Gasteiger partial charge in [-0.1, -0.05) is 6.07 Å². The van der Waals surface area contributed by atoms with Crippen LogP contribution in [0.3, 0.4) is 0 Å². The highest BCUT2D eigenvalue weighted by Crippen LogP contribution is 2.27. The van der Waals surface area contributed by atoms with E-state index in [-0.39, 0.29) is 0 Å². The van der Waals surface area contributed by atoms with Crippen LogP contribution in [0.25, 0.3) is 5.69 Å². The standard InChI is InChI=1S/C14H16IN3/c15-12-2-1-3-13(8-12)18-10-17-9-14(18)11-4-6-16-7-5-11/h1-3,8-11,16H,4-7H2. The van der Waals surface area contributed by atoms with Crippen molar-refractivity contribution in [3.05, 3.63) is 46.1 Å². The van der Waals surface area contributed by atoms with E-state index in [0.717, 1.165) is 13.1 Å². The molecule has 0 radical (unpaired) electrons. The summed E-state index contributed by atoms with van der Waals surface area (Å²) in [5.74, 6) is 0.631. The Hall–Kier alpha value is -0.880. The molecule has 1 aromatic heterocycles. The number of imidazole rings is 1. The third-order valence-electron chi connectivity index (χ3n) is 3.51. The molecular formula is C14H16IN3. The van der Waals surface area contributed by atoms with Gasteiger partial charge >= 0.3 is 0 Å². The molecule has 0 aliphatic carbocycles. The molecule has 2 aromatic rings. The first-order valence-corrected chi connectivity index (χ1v) is 7.41. The maximum Gasteiger partial charge on any atom is 0.0994 e. The number of hydrogen-bond acceptors (Lipinski definition) is 2. The van der Waals surface area contributed by atoms with Gasteiger partial charge in [-0.05, 0) is 66.7 Å². The van der Waals surface area contributed by atoms with Gasteiger partial charge in [0.25, 0.3) is 0 Å². The molecule has 0 saturated carbocycles.